The van der Waals surface area contributed by atoms with Crippen molar-refractivity contribution in [1.29, 1.82) is 0 Å². The molecular formula is C17H12BrCl2N3O3. The van der Waals surface area contributed by atoms with E-state index >= 15 is 0 Å². The number of nitrogens with zero attached hydrogens (tertiary/aromatic N) is 2. The van der Waals surface area contributed by atoms with Crippen LogP contribution in [0.15, 0.2) is 45.0 Å². The van der Waals surface area contributed by atoms with Gasteiger partial charge in [-0.25, -0.2) is 0 Å². The third kappa shape index (κ3) is 4.00. The number of rotatable bonds is 4. The molecule has 3 aromatic rings. The van der Waals surface area contributed by atoms with Crippen molar-refractivity contribution in [1.82, 2.24) is 4.98 Å². The Kier molecular flexibility index (Phi) is 5.50. The van der Waals surface area contributed by atoms with Crippen LogP contribution in [-0.2, 0) is 4.79 Å². The third-order valence-corrected chi connectivity index (χ3v) is 4.92. The van der Waals surface area contributed by atoms with Gasteiger partial charge in [0.15, 0.2) is 12.3 Å². The van der Waals surface area contributed by atoms with Gasteiger partial charge in [0.1, 0.15) is 5.75 Å². The number of carbonyl (C=O) groups is 1. The fraction of sp³-hybridized carbons (Fsp3) is 0.118. The van der Waals surface area contributed by atoms with Gasteiger partial charge >= 0.3 is 5.91 Å². The average molecular weight is 457 g/mol. The monoisotopic (exact) mass is 455 g/mol. The van der Waals surface area contributed by atoms with E-state index < -0.39 is 5.91 Å². The molecule has 0 bridgehead atoms. The topological polar surface area (TPSA) is 87.0 Å². The summed E-state index contributed by atoms with van der Waals surface area (Å²) >= 11 is 15.2. The summed E-state index contributed by atoms with van der Waals surface area (Å²) in [6, 6.07) is 8.31. The zero-order chi connectivity index (χ0) is 18.8. The molecule has 26 heavy (non-hydrogen) atoms. The number of nitrogens with one attached hydrogen (secondary N) is 1. The van der Waals surface area contributed by atoms with E-state index in [0.29, 0.717) is 21.7 Å². The quantitative estimate of drug-likeness (QED) is 0.476. The summed E-state index contributed by atoms with van der Waals surface area (Å²) in [7, 11) is 0. The summed E-state index contributed by atoms with van der Waals surface area (Å²) in [4.78, 5) is 14.7. The lowest BCUT2D eigenvalue weighted by Gasteiger charge is -2.05. The highest BCUT2D eigenvalue weighted by molar-refractivity contribution is 9.10. The molecule has 134 valence electrons. The van der Waals surface area contributed by atoms with Gasteiger partial charge in [0.05, 0.1) is 10.5 Å². The number of fused-ring (bicyclic) bond motifs is 1. The molecule has 0 saturated heterocycles. The van der Waals surface area contributed by atoms with Crippen LogP contribution < -0.4 is 4.74 Å². The van der Waals surface area contributed by atoms with E-state index in [4.69, 9.17) is 27.9 Å². The molecule has 1 amide bonds. The molecule has 0 atom stereocenters. The molecule has 0 aliphatic carbocycles. The minimum absolute atomic E-state index is 0.171. The van der Waals surface area contributed by atoms with E-state index in [2.05, 4.69) is 31.1 Å². The fourth-order valence-corrected chi connectivity index (χ4v) is 3.07. The molecule has 0 saturated carbocycles. The first kappa shape index (κ1) is 18.7. The molecule has 6 nitrogen and oxygen atoms in total. The van der Waals surface area contributed by atoms with Crippen LogP contribution in [-0.4, -0.2) is 22.6 Å². The molecule has 0 fully saturated rings. The van der Waals surface area contributed by atoms with Crippen molar-refractivity contribution in [3.63, 3.8) is 0 Å². The molecule has 2 aromatic carbocycles. The molecule has 0 unspecified atom stereocenters. The van der Waals surface area contributed by atoms with Crippen LogP contribution in [0, 0.1) is 6.92 Å². The largest absolute Gasteiger partial charge is 0.493 e. The molecule has 1 aromatic heterocycles. The number of ether oxygens (including phenoxy) is 1. The maximum Gasteiger partial charge on any atom is 0.302 e. The summed E-state index contributed by atoms with van der Waals surface area (Å²) in [5.41, 5.74) is 1.82. The summed E-state index contributed by atoms with van der Waals surface area (Å²) in [5, 5.41) is 18.9. The molecule has 0 radical (unpaired) electrons. The Bertz CT molecular complexity index is 1030. The third-order valence-electron chi connectivity index (χ3n) is 3.54. The zero-order valence-electron chi connectivity index (χ0n) is 13.4. The van der Waals surface area contributed by atoms with Gasteiger partial charge in [0, 0.05) is 14.9 Å². The zero-order valence-corrected chi connectivity index (χ0v) is 16.5. The Morgan fingerprint density at radius 2 is 2.08 bits per heavy atom. The molecule has 9 heteroatoms. The van der Waals surface area contributed by atoms with Gasteiger partial charge in [-0.15, -0.1) is 10.2 Å². The fourth-order valence-electron chi connectivity index (χ4n) is 2.26. The first-order chi connectivity index (χ1) is 12.3. The highest BCUT2D eigenvalue weighted by Crippen LogP contribution is 2.37. The smallest absolute Gasteiger partial charge is 0.302 e. The molecule has 2 N–H and O–H groups in total. The molecule has 3 rings (SSSR count). The molecule has 0 aliphatic heterocycles. The Hall–Kier alpha value is -2.09. The molecular weight excluding hydrogens is 445 g/mol. The van der Waals surface area contributed by atoms with E-state index in [1.807, 2.05) is 19.1 Å². The lowest BCUT2D eigenvalue weighted by atomic mass is 10.1. The van der Waals surface area contributed by atoms with Crippen LogP contribution in [0.1, 0.15) is 5.56 Å². The first-order valence-corrected chi connectivity index (χ1v) is 8.93. The molecule has 1 heterocycles. The van der Waals surface area contributed by atoms with Crippen molar-refractivity contribution in [3.05, 3.63) is 50.4 Å². The van der Waals surface area contributed by atoms with Gasteiger partial charge in [-0.2, -0.15) is 0 Å². The van der Waals surface area contributed by atoms with E-state index in [1.54, 1.807) is 12.1 Å². The number of aromatic nitrogens is 1. The molecule has 0 aliphatic rings. The number of halogens is 3. The Balaban J connectivity index is 1.75. The Labute approximate surface area is 166 Å². The van der Waals surface area contributed by atoms with Crippen LogP contribution in [0.3, 0.4) is 0 Å². The first-order valence-electron chi connectivity index (χ1n) is 7.38. The number of aromatic hydroxyl groups is 1. The van der Waals surface area contributed by atoms with Gasteiger partial charge in [-0.05, 0) is 42.8 Å². The Morgan fingerprint density at radius 3 is 2.81 bits per heavy atom. The predicted octanol–water partition coefficient (Wildman–Crippen LogP) is 5.94. The standard InChI is InChI=1S/C17H12BrCl2N3O3/c1-8-4-10-13(6-11(8)18)21-17(25)16(10)23-22-15(24)7-26-14-3-2-9(19)5-12(14)20/h2-6,21,25H,7H2,1H3. The maximum atomic E-state index is 11.9. The van der Waals surface area contributed by atoms with Crippen molar-refractivity contribution in [2.45, 2.75) is 6.92 Å². The van der Waals surface area contributed by atoms with Crippen LogP contribution >= 0.6 is 39.1 Å². The number of benzene rings is 2. The minimum Gasteiger partial charge on any atom is -0.493 e. The predicted molar refractivity (Wildman–Crippen MR) is 104 cm³/mol. The van der Waals surface area contributed by atoms with Crippen LogP contribution in [0.25, 0.3) is 10.9 Å². The number of aromatic amines is 1. The van der Waals surface area contributed by atoms with Crippen molar-refractivity contribution >= 4 is 61.6 Å². The summed E-state index contributed by atoms with van der Waals surface area (Å²) in [6.07, 6.45) is 0. The number of azo groups is 1. The summed E-state index contributed by atoms with van der Waals surface area (Å²) in [6.45, 7) is 1.56. The maximum absolute atomic E-state index is 11.9. The second-order valence-electron chi connectivity index (χ2n) is 5.43. The van der Waals surface area contributed by atoms with Gasteiger partial charge in [0.25, 0.3) is 0 Å². The van der Waals surface area contributed by atoms with Crippen molar-refractivity contribution in [2.24, 2.45) is 10.2 Å². The number of aryl methyl sites for hydroxylation is 1. The van der Waals surface area contributed by atoms with Crippen LogP contribution in [0.2, 0.25) is 10.0 Å². The van der Waals surface area contributed by atoms with Crippen molar-refractivity contribution in [2.75, 3.05) is 6.61 Å². The lowest BCUT2D eigenvalue weighted by Crippen LogP contribution is -2.08. The number of hydrogen-bond acceptors (Lipinski definition) is 4. The normalized spacial score (nSPS) is 11.4. The van der Waals surface area contributed by atoms with Gasteiger partial charge in [0.2, 0.25) is 5.88 Å². The second-order valence-corrected chi connectivity index (χ2v) is 7.12. The second kappa shape index (κ2) is 7.65. The SMILES string of the molecule is Cc1cc2c(N=NC(=O)COc3ccc(Cl)cc3Cl)c(O)[nH]c2cc1Br. The minimum atomic E-state index is -0.626. The van der Waals surface area contributed by atoms with Crippen LogP contribution in [0.4, 0.5) is 5.69 Å². The number of carbonyl (C=O) groups excluding carboxylic acids is 1. The van der Waals surface area contributed by atoms with Gasteiger partial charge < -0.3 is 14.8 Å². The summed E-state index contributed by atoms with van der Waals surface area (Å²) < 4.78 is 6.19. The van der Waals surface area contributed by atoms with E-state index in [1.165, 1.54) is 6.07 Å². The number of H-pyrrole nitrogens is 1. The Morgan fingerprint density at radius 1 is 1.31 bits per heavy atom. The van der Waals surface area contributed by atoms with Gasteiger partial charge in [-0.1, -0.05) is 39.1 Å². The highest BCUT2D eigenvalue weighted by atomic mass is 79.9. The summed E-state index contributed by atoms with van der Waals surface area (Å²) in [5.74, 6) is -0.482. The van der Waals surface area contributed by atoms with E-state index in [-0.39, 0.29) is 23.2 Å². The highest BCUT2D eigenvalue weighted by Gasteiger charge is 2.13. The molecule has 0 spiro atoms. The van der Waals surface area contributed by atoms with Gasteiger partial charge in [-0.3, -0.25) is 4.79 Å². The average Bonchev–Trinajstić information content (AvgIpc) is 2.87. The lowest BCUT2D eigenvalue weighted by molar-refractivity contribution is -0.120. The van der Waals surface area contributed by atoms with Crippen LogP contribution in [0.5, 0.6) is 11.6 Å². The number of amides is 1. The van der Waals surface area contributed by atoms with Crippen molar-refractivity contribution < 1.29 is 14.6 Å². The number of hydrogen-bond donors (Lipinski definition) is 2. The van der Waals surface area contributed by atoms with E-state index in [9.17, 15) is 9.90 Å². The van der Waals surface area contributed by atoms with E-state index in [0.717, 1.165) is 10.0 Å². The van der Waals surface area contributed by atoms with Crippen molar-refractivity contribution in [3.8, 4) is 11.6 Å².